The normalized spacial score (nSPS) is 12.3. The van der Waals surface area contributed by atoms with E-state index in [0.717, 1.165) is 26.1 Å². The number of carbonyl (C=O) groups excluding carboxylic acids is 2. The van der Waals surface area contributed by atoms with Crippen molar-refractivity contribution in [3.8, 4) is 5.75 Å². The monoisotopic (exact) mass is 416 g/mol. The fourth-order valence-corrected chi connectivity index (χ4v) is 1.79. The smallest absolute Gasteiger partial charge is 0.375 e. The summed E-state index contributed by atoms with van der Waals surface area (Å²) in [6, 6.07) is 0.601. The number of amides is 3. The van der Waals surface area contributed by atoms with Gasteiger partial charge in [-0.2, -0.15) is 31.4 Å². The summed E-state index contributed by atoms with van der Waals surface area (Å²) < 4.78 is 74.6. The van der Waals surface area contributed by atoms with Crippen molar-refractivity contribution in [2.24, 2.45) is 0 Å². The number of nitrogens with zero attached hydrogens (tertiary/aromatic N) is 2. The molecule has 1 aromatic heterocycles. The van der Waals surface area contributed by atoms with E-state index in [1.165, 1.54) is 6.92 Å². The number of urea groups is 1. The van der Waals surface area contributed by atoms with Gasteiger partial charge in [0.1, 0.15) is 17.8 Å². The van der Waals surface area contributed by atoms with Gasteiger partial charge >= 0.3 is 18.4 Å². The average molecular weight is 416 g/mol. The third kappa shape index (κ3) is 7.12. The first kappa shape index (κ1) is 23.3. The number of alkyl halides is 6. The van der Waals surface area contributed by atoms with Gasteiger partial charge in [0.2, 0.25) is 5.91 Å². The molecule has 2 N–H and O–H groups in total. The number of carbonyl (C=O) groups is 2. The first-order chi connectivity index (χ1) is 12.7. The standard InChI is InChI=1S/C15H18F6N4O3/c1-4-25(28-9-5-6-22-10(7-9)15(19,20)21)12(27)24-13(2,3)11(26)23-8-14(16,17)18/h5-7H,4,8H2,1-3H3,(H,23,26)(H,24,27). The lowest BCUT2D eigenvalue weighted by atomic mass is 10.1. The molecule has 3 amide bonds. The van der Waals surface area contributed by atoms with Crippen LogP contribution in [0.3, 0.4) is 0 Å². The molecule has 0 saturated carbocycles. The molecule has 158 valence electrons. The van der Waals surface area contributed by atoms with Gasteiger partial charge in [-0.25, -0.2) is 4.79 Å². The Kier molecular flexibility index (Phi) is 7.09. The van der Waals surface area contributed by atoms with E-state index in [2.05, 4.69) is 10.3 Å². The predicted molar refractivity (Wildman–Crippen MR) is 83.9 cm³/mol. The molecular formula is C15H18F6N4O3. The Balaban J connectivity index is 2.81. The zero-order valence-electron chi connectivity index (χ0n) is 15.0. The van der Waals surface area contributed by atoms with Crippen molar-refractivity contribution >= 4 is 11.9 Å². The number of hydrogen-bond donors (Lipinski definition) is 2. The highest BCUT2D eigenvalue weighted by molar-refractivity contribution is 5.90. The number of hydrogen-bond acceptors (Lipinski definition) is 4. The van der Waals surface area contributed by atoms with Gasteiger partial charge in [-0.15, -0.1) is 0 Å². The van der Waals surface area contributed by atoms with Crippen molar-refractivity contribution < 1.29 is 40.8 Å². The molecule has 0 saturated heterocycles. The maximum Gasteiger partial charge on any atom is 0.433 e. The van der Waals surface area contributed by atoms with E-state index in [4.69, 9.17) is 4.84 Å². The largest absolute Gasteiger partial charge is 0.433 e. The minimum atomic E-state index is -4.72. The molecule has 0 aromatic carbocycles. The quantitative estimate of drug-likeness (QED) is 0.552. The first-order valence-corrected chi connectivity index (χ1v) is 7.81. The molecule has 0 unspecified atom stereocenters. The van der Waals surface area contributed by atoms with Crippen LogP contribution < -0.4 is 15.5 Å². The maximum absolute atomic E-state index is 12.7. The van der Waals surface area contributed by atoms with Crippen molar-refractivity contribution in [3.05, 3.63) is 24.0 Å². The Morgan fingerprint density at radius 3 is 2.29 bits per heavy atom. The van der Waals surface area contributed by atoms with Gasteiger partial charge in [0, 0.05) is 18.3 Å². The number of pyridine rings is 1. The summed E-state index contributed by atoms with van der Waals surface area (Å²) in [6.07, 6.45) is -8.53. The summed E-state index contributed by atoms with van der Waals surface area (Å²) in [6.45, 7) is 2.01. The topological polar surface area (TPSA) is 83.6 Å². The Morgan fingerprint density at radius 2 is 1.79 bits per heavy atom. The fourth-order valence-electron chi connectivity index (χ4n) is 1.79. The minimum absolute atomic E-state index is 0.143. The summed E-state index contributed by atoms with van der Waals surface area (Å²) in [5.74, 6) is -1.46. The maximum atomic E-state index is 12.7. The van der Waals surface area contributed by atoms with E-state index in [0.29, 0.717) is 11.1 Å². The third-order valence-corrected chi connectivity index (χ3v) is 3.19. The van der Waals surface area contributed by atoms with Crippen LogP contribution in [0.15, 0.2) is 18.3 Å². The second-order valence-electron chi connectivity index (χ2n) is 6.01. The van der Waals surface area contributed by atoms with Crippen LogP contribution in [0.1, 0.15) is 26.5 Å². The lowest BCUT2D eigenvalue weighted by Crippen LogP contribution is -2.59. The van der Waals surface area contributed by atoms with E-state index < -0.39 is 42.1 Å². The molecule has 1 aromatic rings. The molecule has 0 atom stereocenters. The first-order valence-electron chi connectivity index (χ1n) is 7.81. The molecule has 0 spiro atoms. The van der Waals surface area contributed by atoms with Crippen molar-refractivity contribution in [3.63, 3.8) is 0 Å². The molecule has 7 nitrogen and oxygen atoms in total. The van der Waals surface area contributed by atoms with Gasteiger partial charge in [-0.1, -0.05) is 0 Å². The Bertz CT molecular complexity index is 706. The van der Waals surface area contributed by atoms with Crippen LogP contribution in [-0.2, 0) is 11.0 Å². The van der Waals surface area contributed by atoms with Crippen molar-refractivity contribution in [2.75, 3.05) is 13.1 Å². The van der Waals surface area contributed by atoms with E-state index in [-0.39, 0.29) is 12.3 Å². The van der Waals surface area contributed by atoms with Gasteiger partial charge in [0.15, 0.2) is 5.75 Å². The highest BCUT2D eigenvalue weighted by atomic mass is 19.4. The van der Waals surface area contributed by atoms with Gasteiger partial charge in [-0.3, -0.25) is 9.78 Å². The molecule has 0 aliphatic rings. The Morgan fingerprint density at radius 1 is 1.18 bits per heavy atom. The van der Waals surface area contributed by atoms with Crippen LogP contribution in [0.25, 0.3) is 0 Å². The molecule has 28 heavy (non-hydrogen) atoms. The van der Waals surface area contributed by atoms with Crippen LogP contribution >= 0.6 is 0 Å². The van der Waals surface area contributed by atoms with Crippen LogP contribution in [0.2, 0.25) is 0 Å². The summed E-state index contributed by atoms with van der Waals surface area (Å²) in [7, 11) is 0. The van der Waals surface area contributed by atoms with E-state index in [1.807, 2.05) is 0 Å². The number of aromatic nitrogens is 1. The van der Waals surface area contributed by atoms with Crippen LogP contribution in [0, 0.1) is 0 Å². The zero-order chi connectivity index (χ0) is 21.8. The highest BCUT2D eigenvalue weighted by Crippen LogP contribution is 2.29. The second kappa shape index (κ2) is 8.52. The SMILES string of the molecule is CCN(Oc1ccnc(C(F)(F)F)c1)C(=O)NC(C)(C)C(=O)NCC(F)(F)F. The number of halogens is 6. The molecule has 0 aliphatic carbocycles. The van der Waals surface area contributed by atoms with Gasteiger partial charge in [0.05, 0.1) is 6.54 Å². The molecular weight excluding hydrogens is 398 g/mol. The van der Waals surface area contributed by atoms with E-state index >= 15 is 0 Å². The minimum Gasteiger partial charge on any atom is -0.375 e. The lowest BCUT2D eigenvalue weighted by molar-refractivity contribution is -0.141. The van der Waals surface area contributed by atoms with E-state index in [9.17, 15) is 35.9 Å². The molecule has 1 rings (SSSR count). The zero-order valence-corrected chi connectivity index (χ0v) is 15.0. The summed E-state index contributed by atoms with van der Waals surface area (Å²) >= 11 is 0. The van der Waals surface area contributed by atoms with Crippen molar-refractivity contribution in [1.82, 2.24) is 20.7 Å². The van der Waals surface area contributed by atoms with Gasteiger partial charge in [0.25, 0.3) is 0 Å². The van der Waals surface area contributed by atoms with Gasteiger partial charge < -0.3 is 15.5 Å². The van der Waals surface area contributed by atoms with Crippen molar-refractivity contribution in [1.29, 1.82) is 0 Å². The molecule has 0 aliphatic heterocycles. The second-order valence-corrected chi connectivity index (χ2v) is 6.01. The summed E-state index contributed by atoms with van der Waals surface area (Å²) in [5, 5.41) is 4.39. The lowest BCUT2D eigenvalue weighted by Gasteiger charge is -2.29. The number of nitrogens with one attached hydrogen (secondary N) is 2. The fraction of sp³-hybridized carbons (Fsp3) is 0.533. The number of hydroxylamine groups is 2. The molecule has 13 heteroatoms. The third-order valence-electron chi connectivity index (χ3n) is 3.19. The Hall–Kier alpha value is -2.73. The molecule has 0 fully saturated rings. The van der Waals surface area contributed by atoms with Crippen LogP contribution in [-0.4, -0.2) is 46.8 Å². The summed E-state index contributed by atoms with van der Waals surface area (Å²) in [4.78, 5) is 32.3. The van der Waals surface area contributed by atoms with Gasteiger partial charge in [-0.05, 0) is 20.8 Å². The highest BCUT2D eigenvalue weighted by Gasteiger charge is 2.36. The summed E-state index contributed by atoms with van der Waals surface area (Å²) in [5.41, 5.74) is -3.00. The van der Waals surface area contributed by atoms with Crippen molar-refractivity contribution in [2.45, 2.75) is 38.7 Å². The number of rotatable bonds is 6. The molecule has 0 radical (unpaired) electrons. The molecule has 1 heterocycles. The average Bonchev–Trinajstić information content (AvgIpc) is 2.55. The predicted octanol–water partition coefficient (Wildman–Crippen LogP) is 2.88. The van der Waals surface area contributed by atoms with Crippen LogP contribution in [0.5, 0.6) is 5.75 Å². The molecule has 0 bridgehead atoms. The van der Waals surface area contributed by atoms with Crippen LogP contribution in [0.4, 0.5) is 31.1 Å². The van der Waals surface area contributed by atoms with E-state index in [1.54, 1.807) is 5.32 Å². The Labute approximate surface area is 156 Å².